The van der Waals surface area contributed by atoms with Crippen LogP contribution in [0.5, 0.6) is 0 Å². The second-order valence-electron chi connectivity index (χ2n) is 5.09. The topological polar surface area (TPSA) is 40.5 Å². The van der Waals surface area contributed by atoms with Crippen molar-refractivity contribution in [3.63, 3.8) is 0 Å². The van der Waals surface area contributed by atoms with Crippen LogP contribution in [0.15, 0.2) is 24.3 Å². The summed E-state index contributed by atoms with van der Waals surface area (Å²) < 4.78 is 13.6. The average Bonchev–Trinajstić information content (AvgIpc) is 2.41. The monoisotopic (exact) mass is 297 g/mol. The largest absolute Gasteiger partial charge is 0.393 e. The highest BCUT2D eigenvalue weighted by atomic mass is 35.5. The minimum absolute atomic E-state index is 0.0538. The molecule has 0 bridgehead atoms. The number of rotatable bonds is 2. The summed E-state index contributed by atoms with van der Waals surface area (Å²) in [5.41, 5.74) is 0.215. The van der Waals surface area contributed by atoms with Crippen molar-refractivity contribution in [1.29, 1.82) is 0 Å². The number of aliphatic hydroxyl groups excluding tert-OH is 1. The zero-order valence-corrected chi connectivity index (χ0v) is 12.0. The van der Waals surface area contributed by atoms with Gasteiger partial charge in [-0.3, -0.25) is 4.79 Å². The van der Waals surface area contributed by atoms with Crippen molar-refractivity contribution in [3.05, 3.63) is 40.7 Å². The zero-order chi connectivity index (χ0) is 14.7. The molecule has 2 atom stereocenters. The third kappa shape index (κ3) is 3.38. The fourth-order valence-electron chi connectivity index (χ4n) is 2.26. The summed E-state index contributed by atoms with van der Waals surface area (Å²) in [6.45, 7) is 2.93. The molecule has 1 amide bonds. The number of aliphatic hydroxyl groups is 1. The van der Waals surface area contributed by atoms with Crippen LogP contribution in [-0.4, -0.2) is 35.1 Å². The number of benzene rings is 1. The molecule has 20 heavy (non-hydrogen) atoms. The minimum Gasteiger partial charge on any atom is -0.393 e. The third-order valence-corrected chi connectivity index (χ3v) is 3.89. The number of hydrogen-bond donors (Lipinski definition) is 1. The quantitative estimate of drug-likeness (QED) is 0.853. The van der Waals surface area contributed by atoms with Gasteiger partial charge in [-0.1, -0.05) is 24.6 Å². The summed E-state index contributed by atoms with van der Waals surface area (Å²) in [5, 5.41) is 9.91. The summed E-state index contributed by atoms with van der Waals surface area (Å²) in [7, 11) is 0. The van der Waals surface area contributed by atoms with Gasteiger partial charge >= 0.3 is 0 Å². The Balaban J connectivity index is 2.06. The Labute approximate surface area is 122 Å². The molecule has 1 aromatic rings. The highest BCUT2D eigenvalue weighted by Crippen LogP contribution is 2.21. The van der Waals surface area contributed by atoms with Gasteiger partial charge in [0.25, 0.3) is 0 Å². The van der Waals surface area contributed by atoms with Crippen molar-refractivity contribution in [2.24, 2.45) is 5.92 Å². The van der Waals surface area contributed by atoms with E-state index in [2.05, 4.69) is 0 Å². The SMILES string of the molecule is CC1CN(C(=O)/C=C/c2c(F)cccc2Cl)CCC1O. The van der Waals surface area contributed by atoms with Gasteiger partial charge in [0.2, 0.25) is 5.91 Å². The number of nitrogens with zero attached hydrogens (tertiary/aromatic N) is 1. The van der Waals surface area contributed by atoms with Crippen molar-refractivity contribution in [3.8, 4) is 0 Å². The molecule has 2 rings (SSSR count). The van der Waals surface area contributed by atoms with Crippen molar-refractivity contribution in [2.45, 2.75) is 19.4 Å². The summed E-state index contributed by atoms with van der Waals surface area (Å²) in [4.78, 5) is 13.7. The number of carbonyl (C=O) groups excluding carboxylic acids is 1. The van der Waals surface area contributed by atoms with E-state index in [4.69, 9.17) is 11.6 Å². The number of hydrogen-bond acceptors (Lipinski definition) is 2. The van der Waals surface area contributed by atoms with Gasteiger partial charge < -0.3 is 10.0 Å². The molecular weight excluding hydrogens is 281 g/mol. The van der Waals surface area contributed by atoms with Crippen molar-refractivity contribution < 1.29 is 14.3 Å². The van der Waals surface area contributed by atoms with Gasteiger partial charge in [-0.15, -0.1) is 0 Å². The molecule has 1 N–H and O–H groups in total. The molecule has 1 aromatic carbocycles. The van der Waals surface area contributed by atoms with Gasteiger partial charge in [0.15, 0.2) is 0 Å². The van der Waals surface area contributed by atoms with Gasteiger partial charge in [0, 0.05) is 24.7 Å². The number of halogens is 2. The van der Waals surface area contributed by atoms with Crippen LogP contribution >= 0.6 is 11.6 Å². The maximum atomic E-state index is 13.6. The van der Waals surface area contributed by atoms with E-state index in [1.165, 1.54) is 24.3 Å². The van der Waals surface area contributed by atoms with Crippen LogP contribution in [0.1, 0.15) is 18.9 Å². The Bertz CT molecular complexity index is 512. The Kier molecular flexibility index (Phi) is 4.78. The lowest BCUT2D eigenvalue weighted by Gasteiger charge is -2.33. The second-order valence-corrected chi connectivity index (χ2v) is 5.49. The lowest BCUT2D eigenvalue weighted by molar-refractivity contribution is -0.129. The van der Waals surface area contributed by atoms with Gasteiger partial charge in [-0.25, -0.2) is 4.39 Å². The molecule has 1 fully saturated rings. The van der Waals surface area contributed by atoms with Crippen LogP contribution in [0.3, 0.4) is 0 Å². The van der Waals surface area contributed by atoms with Crippen LogP contribution < -0.4 is 0 Å². The zero-order valence-electron chi connectivity index (χ0n) is 11.2. The fourth-order valence-corrected chi connectivity index (χ4v) is 2.49. The van der Waals surface area contributed by atoms with Crippen molar-refractivity contribution in [2.75, 3.05) is 13.1 Å². The molecule has 1 aliphatic rings. The van der Waals surface area contributed by atoms with E-state index in [1.54, 1.807) is 11.0 Å². The molecule has 108 valence electrons. The molecule has 3 nitrogen and oxygen atoms in total. The molecule has 1 aliphatic heterocycles. The van der Waals surface area contributed by atoms with Gasteiger partial charge in [0.05, 0.1) is 11.1 Å². The minimum atomic E-state index is -0.455. The van der Waals surface area contributed by atoms with Crippen LogP contribution in [-0.2, 0) is 4.79 Å². The molecule has 0 radical (unpaired) electrons. The van der Waals surface area contributed by atoms with E-state index in [9.17, 15) is 14.3 Å². The first-order chi connectivity index (χ1) is 9.49. The van der Waals surface area contributed by atoms with Crippen molar-refractivity contribution >= 4 is 23.6 Å². The number of carbonyl (C=O) groups is 1. The van der Waals surface area contributed by atoms with Crippen LogP contribution in [0.4, 0.5) is 4.39 Å². The van der Waals surface area contributed by atoms with E-state index in [1.807, 2.05) is 6.92 Å². The predicted molar refractivity (Wildman–Crippen MR) is 76.8 cm³/mol. The lowest BCUT2D eigenvalue weighted by atomic mass is 9.97. The number of likely N-dealkylation sites (tertiary alicyclic amines) is 1. The molecule has 0 aromatic heterocycles. The normalized spacial score (nSPS) is 23.3. The molecule has 0 saturated carbocycles. The first-order valence-electron chi connectivity index (χ1n) is 6.58. The Morgan fingerprint density at radius 3 is 2.95 bits per heavy atom. The predicted octanol–water partition coefficient (Wildman–Crippen LogP) is 2.72. The number of piperidine rings is 1. The van der Waals surface area contributed by atoms with Crippen LogP contribution in [0, 0.1) is 11.7 Å². The lowest BCUT2D eigenvalue weighted by Crippen LogP contribution is -2.44. The third-order valence-electron chi connectivity index (χ3n) is 3.56. The maximum Gasteiger partial charge on any atom is 0.246 e. The number of amides is 1. The van der Waals surface area contributed by atoms with Crippen LogP contribution in [0.25, 0.3) is 6.08 Å². The molecule has 0 aliphatic carbocycles. The molecule has 2 unspecified atom stereocenters. The van der Waals surface area contributed by atoms with Gasteiger partial charge in [-0.05, 0) is 30.5 Å². The molecule has 1 heterocycles. The molecule has 5 heteroatoms. The smallest absolute Gasteiger partial charge is 0.246 e. The fraction of sp³-hybridized carbons (Fsp3) is 0.400. The van der Waals surface area contributed by atoms with E-state index in [-0.39, 0.29) is 28.5 Å². The first-order valence-corrected chi connectivity index (χ1v) is 6.96. The molecule has 0 spiro atoms. The molecule has 1 saturated heterocycles. The van der Waals surface area contributed by atoms with Crippen molar-refractivity contribution in [1.82, 2.24) is 4.90 Å². The Morgan fingerprint density at radius 2 is 2.30 bits per heavy atom. The standard InChI is InChI=1S/C15H17ClFNO2/c1-10-9-18(8-7-14(10)19)15(20)6-5-11-12(16)3-2-4-13(11)17/h2-6,10,14,19H,7-9H2,1H3/b6-5+. The van der Waals surface area contributed by atoms with E-state index in [0.29, 0.717) is 19.5 Å². The highest BCUT2D eigenvalue weighted by molar-refractivity contribution is 6.32. The average molecular weight is 298 g/mol. The maximum absolute atomic E-state index is 13.6. The molecular formula is C15H17ClFNO2. The second kappa shape index (κ2) is 6.37. The van der Waals surface area contributed by atoms with E-state index >= 15 is 0 Å². The van der Waals surface area contributed by atoms with Crippen LogP contribution in [0.2, 0.25) is 5.02 Å². The summed E-state index contributed by atoms with van der Waals surface area (Å²) in [6, 6.07) is 4.40. The van der Waals surface area contributed by atoms with E-state index in [0.717, 1.165) is 0 Å². The van der Waals surface area contributed by atoms with Gasteiger partial charge in [-0.2, -0.15) is 0 Å². The Hall–Kier alpha value is -1.39. The highest BCUT2D eigenvalue weighted by Gasteiger charge is 2.26. The summed E-state index contributed by atoms with van der Waals surface area (Å²) in [5.74, 6) is -0.592. The summed E-state index contributed by atoms with van der Waals surface area (Å²) >= 11 is 5.89. The first kappa shape index (κ1) is 15.0. The Morgan fingerprint density at radius 1 is 1.55 bits per heavy atom. The van der Waals surface area contributed by atoms with Gasteiger partial charge in [0.1, 0.15) is 5.82 Å². The van der Waals surface area contributed by atoms with E-state index < -0.39 is 5.82 Å². The summed E-state index contributed by atoms with van der Waals surface area (Å²) in [6.07, 6.45) is 2.94.